The quantitative estimate of drug-likeness (QED) is 0.737. The minimum absolute atomic E-state index is 0. The maximum absolute atomic E-state index is 12.3. The topological polar surface area (TPSA) is 67.4 Å². The fourth-order valence-electron chi connectivity index (χ4n) is 2.89. The van der Waals surface area contributed by atoms with Gasteiger partial charge in [-0.3, -0.25) is 4.79 Å². The van der Waals surface area contributed by atoms with E-state index in [0.717, 1.165) is 31.5 Å². The molecule has 0 spiro atoms. The van der Waals surface area contributed by atoms with Crippen LogP contribution in [0.25, 0.3) is 0 Å². The minimum Gasteiger partial charge on any atom is -0.459 e. The molecule has 0 unspecified atom stereocenters. The van der Waals surface area contributed by atoms with Gasteiger partial charge in [0.1, 0.15) is 6.10 Å². The first-order valence-corrected chi connectivity index (χ1v) is 9.04. The molecule has 0 saturated carbocycles. The summed E-state index contributed by atoms with van der Waals surface area (Å²) in [7, 11) is 0. The van der Waals surface area contributed by atoms with Gasteiger partial charge in [-0.1, -0.05) is 29.8 Å². The summed E-state index contributed by atoms with van der Waals surface area (Å²) in [5.74, 6) is -0.529. The van der Waals surface area contributed by atoms with Crippen LogP contribution in [0.1, 0.15) is 28.8 Å². The smallest absolute Gasteiger partial charge is 0.338 e. The molecule has 5 nitrogen and oxygen atoms in total. The van der Waals surface area contributed by atoms with Crippen molar-refractivity contribution < 1.29 is 14.3 Å². The van der Waals surface area contributed by atoms with E-state index in [1.165, 1.54) is 0 Å². The van der Waals surface area contributed by atoms with Gasteiger partial charge in [0.05, 0.1) is 12.0 Å². The Bertz CT molecular complexity index is 792. The second kappa shape index (κ2) is 10.3. The molecule has 1 aliphatic heterocycles. The highest BCUT2D eigenvalue weighted by Gasteiger charge is 2.18. The number of nitrogens with one attached hydrogen (secondary N) is 2. The maximum Gasteiger partial charge on any atom is 0.338 e. The van der Waals surface area contributed by atoms with Crippen LogP contribution >= 0.6 is 24.0 Å². The number of esters is 1. The van der Waals surface area contributed by atoms with Crippen LogP contribution < -0.4 is 10.6 Å². The summed E-state index contributed by atoms with van der Waals surface area (Å²) in [4.78, 5) is 24.5. The summed E-state index contributed by atoms with van der Waals surface area (Å²) < 4.78 is 5.54. The number of amides is 1. The second-order valence-electron chi connectivity index (χ2n) is 6.29. The molecule has 144 valence electrons. The Balaban J connectivity index is 0.00000261. The van der Waals surface area contributed by atoms with Crippen molar-refractivity contribution in [1.29, 1.82) is 0 Å². The fourth-order valence-corrected chi connectivity index (χ4v) is 3.11. The Morgan fingerprint density at radius 3 is 2.59 bits per heavy atom. The Kier molecular flexibility index (Phi) is 8.10. The number of rotatable bonds is 5. The van der Waals surface area contributed by atoms with Gasteiger partial charge in [0, 0.05) is 10.7 Å². The number of carbonyl (C=O) groups is 2. The van der Waals surface area contributed by atoms with Gasteiger partial charge >= 0.3 is 5.97 Å². The lowest BCUT2D eigenvalue weighted by atomic mass is 10.1. The highest BCUT2D eigenvalue weighted by molar-refractivity contribution is 6.30. The van der Waals surface area contributed by atoms with Crippen molar-refractivity contribution in [1.82, 2.24) is 5.32 Å². The highest BCUT2D eigenvalue weighted by Crippen LogP contribution is 2.16. The van der Waals surface area contributed by atoms with Gasteiger partial charge < -0.3 is 15.4 Å². The lowest BCUT2D eigenvalue weighted by molar-refractivity contribution is -0.115. The van der Waals surface area contributed by atoms with Gasteiger partial charge in [0.25, 0.3) is 0 Å². The summed E-state index contributed by atoms with van der Waals surface area (Å²) >= 11 is 5.94. The molecule has 0 bridgehead atoms. The Morgan fingerprint density at radius 1 is 1.11 bits per heavy atom. The van der Waals surface area contributed by atoms with Crippen molar-refractivity contribution >= 4 is 41.6 Å². The fraction of sp³-hybridized carbons (Fsp3) is 0.300. The van der Waals surface area contributed by atoms with Gasteiger partial charge in [-0.25, -0.2) is 4.79 Å². The molecule has 2 N–H and O–H groups in total. The number of halogens is 2. The summed E-state index contributed by atoms with van der Waals surface area (Å²) in [6, 6.07) is 14.0. The Labute approximate surface area is 169 Å². The zero-order valence-electron chi connectivity index (χ0n) is 14.7. The average Bonchev–Trinajstić information content (AvgIpc) is 2.62. The number of benzene rings is 2. The average molecular weight is 409 g/mol. The van der Waals surface area contributed by atoms with Crippen LogP contribution in [-0.2, 0) is 16.0 Å². The molecule has 3 rings (SSSR count). The van der Waals surface area contributed by atoms with E-state index in [-0.39, 0.29) is 36.8 Å². The third kappa shape index (κ3) is 6.54. The number of carbonyl (C=O) groups excluding carboxylic acids is 2. The van der Waals surface area contributed by atoms with Gasteiger partial charge in [0.2, 0.25) is 5.91 Å². The number of ether oxygens (including phenoxy) is 1. The van der Waals surface area contributed by atoms with Crippen molar-refractivity contribution in [3.8, 4) is 0 Å². The zero-order chi connectivity index (χ0) is 18.4. The van der Waals surface area contributed by atoms with Gasteiger partial charge in [-0.2, -0.15) is 0 Å². The number of anilines is 1. The van der Waals surface area contributed by atoms with E-state index in [4.69, 9.17) is 16.3 Å². The first-order valence-electron chi connectivity index (χ1n) is 8.66. The third-order valence-corrected chi connectivity index (χ3v) is 4.43. The molecule has 7 heteroatoms. The third-order valence-electron chi connectivity index (χ3n) is 4.20. The predicted octanol–water partition coefficient (Wildman–Crippen LogP) is 3.85. The van der Waals surface area contributed by atoms with Crippen LogP contribution in [-0.4, -0.2) is 31.1 Å². The van der Waals surface area contributed by atoms with Gasteiger partial charge in [0.15, 0.2) is 0 Å². The molecule has 27 heavy (non-hydrogen) atoms. The molecule has 1 aliphatic rings. The molecule has 1 fully saturated rings. The van der Waals surface area contributed by atoms with Gasteiger partial charge in [-0.05, 0) is 61.8 Å². The first kappa shape index (κ1) is 21.2. The monoisotopic (exact) mass is 408 g/mol. The van der Waals surface area contributed by atoms with E-state index in [1.54, 1.807) is 36.4 Å². The van der Waals surface area contributed by atoms with Gasteiger partial charge in [-0.15, -0.1) is 12.4 Å². The van der Waals surface area contributed by atoms with Crippen molar-refractivity contribution in [2.45, 2.75) is 25.4 Å². The molecule has 0 atom stereocenters. The Hall–Kier alpha value is -2.08. The predicted molar refractivity (Wildman–Crippen MR) is 109 cm³/mol. The van der Waals surface area contributed by atoms with E-state index in [1.807, 2.05) is 12.1 Å². The van der Waals surface area contributed by atoms with Crippen molar-refractivity contribution in [3.63, 3.8) is 0 Å². The number of hydrogen-bond donors (Lipinski definition) is 2. The van der Waals surface area contributed by atoms with Crippen LogP contribution in [0, 0.1) is 0 Å². The summed E-state index contributed by atoms with van der Waals surface area (Å²) in [6.07, 6.45) is 1.80. The van der Waals surface area contributed by atoms with Crippen molar-refractivity contribution in [2.24, 2.45) is 0 Å². The molecule has 2 aromatic rings. The largest absolute Gasteiger partial charge is 0.459 e. The molecular weight excluding hydrogens is 387 g/mol. The molecule has 0 radical (unpaired) electrons. The molecule has 1 heterocycles. The van der Waals surface area contributed by atoms with E-state index in [0.29, 0.717) is 16.3 Å². The van der Waals surface area contributed by atoms with E-state index in [9.17, 15) is 9.59 Å². The van der Waals surface area contributed by atoms with Crippen molar-refractivity contribution in [3.05, 3.63) is 64.7 Å². The lowest BCUT2D eigenvalue weighted by Gasteiger charge is -2.22. The van der Waals surface area contributed by atoms with Crippen molar-refractivity contribution in [2.75, 3.05) is 18.4 Å². The normalized spacial score (nSPS) is 14.1. The Morgan fingerprint density at radius 2 is 1.85 bits per heavy atom. The van der Waals surface area contributed by atoms with E-state index < -0.39 is 0 Å². The second-order valence-corrected chi connectivity index (χ2v) is 6.73. The van der Waals surface area contributed by atoms with Crippen LogP contribution in [0.3, 0.4) is 0 Å². The lowest BCUT2D eigenvalue weighted by Crippen LogP contribution is -2.33. The van der Waals surface area contributed by atoms with E-state index >= 15 is 0 Å². The molecule has 1 amide bonds. The summed E-state index contributed by atoms with van der Waals surface area (Å²) in [6.45, 7) is 1.72. The van der Waals surface area contributed by atoms with Crippen LogP contribution in [0.2, 0.25) is 5.02 Å². The summed E-state index contributed by atoms with van der Waals surface area (Å²) in [5.41, 5.74) is 1.83. The number of hydrogen-bond acceptors (Lipinski definition) is 4. The standard InChI is InChI=1S/C20H21ClN2O3.ClH/c21-16-5-1-3-14(11-16)12-19(24)23-17-6-2-4-15(13-17)20(25)26-18-7-9-22-10-8-18;/h1-6,11,13,18,22H,7-10,12H2,(H,23,24);1H. The SMILES string of the molecule is Cl.O=C(Cc1cccc(Cl)c1)Nc1cccc(C(=O)OC2CCNCC2)c1. The molecular formula is C20H22Cl2N2O3. The minimum atomic E-state index is -0.358. The highest BCUT2D eigenvalue weighted by atomic mass is 35.5. The van der Waals surface area contributed by atoms with Crippen LogP contribution in [0.15, 0.2) is 48.5 Å². The maximum atomic E-state index is 12.3. The van der Waals surface area contributed by atoms with E-state index in [2.05, 4.69) is 10.6 Å². The van der Waals surface area contributed by atoms with Crippen LogP contribution in [0.4, 0.5) is 5.69 Å². The van der Waals surface area contributed by atoms with Crippen LogP contribution in [0.5, 0.6) is 0 Å². The molecule has 0 aromatic heterocycles. The molecule has 2 aromatic carbocycles. The first-order chi connectivity index (χ1) is 12.6. The molecule has 0 aliphatic carbocycles. The summed E-state index contributed by atoms with van der Waals surface area (Å²) in [5, 5.41) is 6.64. The number of piperidine rings is 1. The molecule has 1 saturated heterocycles. The zero-order valence-corrected chi connectivity index (χ0v) is 16.3.